The highest BCUT2D eigenvalue weighted by Gasteiger charge is 2.03. The maximum absolute atomic E-state index is 8.51. The van der Waals surface area contributed by atoms with E-state index in [0.717, 1.165) is 0 Å². The van der Waals surface area contributed by atoms with Crippen LogP contribution in [0.3, 0.4) is 0 Å². The highest BCUT2D eigenvalue weighted by Crippen LogP contribution is 2.02. The number of rotatable bonds is 8. The van der Waals surface area contributed by atoms with Gasteiger partial charge in [0.15, 0.2) is 0 Å². The largest absolute Gasteiger partial charge is 0.396 e. The molecule has 100 valence electrons. The molecule has 1 atom stereocenters. The van der Waals surface area contributed by atoms with E-state index < -0.39 is 0 Å². The first-order valence-electron chi connectivity index (χ1n) is 5.50. The number of ether oxygens (including phenoxy) is 2. The molecule has 0 amide bonds. The molecule has 1 unspecified atom stereocenters. The maximum atomic E-state index is 8.51. The lowest BCUT2D eigenvalue weighted by Gasteiger charge is -2.07. The van der Waals surface area contributed by atoms with E-state index in [9.17, 15) is 0 Å². The Balaban J connectivity index is 0. The first kappa shape index (κ1) is 18.2. The van der Waals surface area contributed by atoms with E-state index in [0.29, 0.717) is 19.4 Å². The van der Waals surface area contributed by atoms with Gasteiger partial charge in [0.05, 0.1) is 12.7 Å². The molecule has 0 aromatic rings. The molecule has 0 aromatic carbocycles. The van der Waals surface area contributed by atoms with Crippen LogP contribution >= 0.6 is 0 Å². The fraction of sp³-hybridized carbons (Fsp3) is 1.00. The third-order valence-electron chi connectivity index (χ3n) is 2.09. The summed E-state index contributed by atoms with van der Waals surface area (Å²) < 4.78 is 9.64. The van der Waals surface area contributed by atoms with E-state index in [1.165, 1.54) is 0 Å². The minimum Gasteiger partial charge on any atom is -0.396 e. The van der Waals surface area contributed by atoms with Gasteiger partial charge in [-0.25, -0.2) is 0 Å². The molecule has 0 aliphatic carbocycles. The van der Waals surface area contributed by atoms with Crippen LogP contribution in [0.25, 0.3) is 0 Å². The molecule has 3 N–H and O–H groups in total. The SMILES string of the molecule is COCC(C)OC.OCCCC(CO)CO. The summed E-state index contributed by atoms with van der Waals surface area (Å²) in [4.78, 5) is 0. The summed E-state index contributed by atoms with van der Waals surface area (Å²) in [5, 5.41) is 25.4. The van der Waals surface area contributed by atoms with Crippen LogP contribution in [0, 0.1) is 5.92 Å². The van der Waals surface area contributed by atoms with Crippen molar-refractivity contribution in [1.29, 1.82) is 0 Å². The topological polar surface area (TPSA) is 79.2 Å². The Morgan fingerprint density at radius 1 is 1.06 bits per heavy atom. The Bertz CT molecular complexity index is 117. The third kappa shape index (κ3) is 13.8. The highest BCUT2D eigenvalue weighted by molar-refractivity contribution is 4.54. The smallest absolute Gasteiger partial charge is 0.0776 e. The van der Waals surface area contributed by atoms with Gasteiger partial charge in [0.25, 0.3) is 0 Å². The minimum atomic E-state index is -0.0443. The standard InChI is InChI=1S/C6H14O3.C5H12O2/c7-3-1-2-6(4-8)5-9;1-5(7-3)4-6-2/h6-9H,1-5H2;5H,4H2,1-3H3. The molecule has 0 radical (unpaired) electrons. The molecule has 0 bridgehead atoms. The average Bonchev–Trinajstić information content (AvgIpc) is 2.31. The van der Waals surface area contributed by atoms with Gasteiger partial charge in [0.1, 0.15) is 0 Å². The Hall–Kier alpha value is -0.200. The van der Waals surface area contributed by atoms with Crippen molar-refractivity contribution in [3.8, 4) is 0 Å². The second-order valence-electron chi connectivity index (χ2n) is 3.60. The van der Waals surface area contributed by atoms with Crippen LogP contribution in [0.1, 0.15) is 19.8 Å². The monoisotopic (exact) mass is 238 g/mol. The number of aliphatic hydroxyl groups is 3. The van der Waals surface area contributed by atoms with Gasteiger partial charge in [-0.2, -0.15) is 0 Å². The van der Waals surface area contributed by atoms with Crippen LogP contribution in [0.4, 0.5) is 0 Å². The van der Waals surface area contributed by atoms with Gasteiger partial charge < -0.3 is 24.8 Å². The molecular formula is C11H26O5. The van der Waals surface area contributed by atoms with Crippen molar-refractivity contribution in [1.82, 2.24) is 0 Å². The van der Waals surface area contributed by atoms with Gasteiger partial charge in [-0.3, -0.25) is 0 Å². The lowest BCUT2D eigenvalue weighted by Crippen LogP contribution is -2.11. The van der Waals surface area contributed by atoms with Gasteiger partial charge in [0, 0.05) is 40.0 Å². The zero-order chi connectivity index (χ0) is 12.8. The normalized spacial score (nSPS) is 12.2. The van der Waals surface area contributed by atoms with Crippen molar-refractivity contribution >= 4 is 0 Å². The molecule has 0 saturated heterocycles. The zero-order valence-corrected chi connectivity index (χ0v) is 10.6. The predicted molar refractivity (Wildman–Crippen MR) is 62.3 cm³/mol. The van der Waals surface area contributed by atoms with Crippen molar-refractivity contribution < 1.29 is 24.8 Å². The quantitative estimate of drug-likeness (QED) is 0.556. The molecular weight excluding hydrogens is 212 g/mol. The average molecular weight is 238 g/mol. The lowest BCUT2D eigenvalue weighted by atomic mass is 10.1. The lowest BCUT2D eigenvalue weighted by molar-refractivity contribution is 0.0401. The van der Waals surface area contributed by atoms with Crippen LogP contribution < -0.4 is 0 Å². The summed E-state index contributed by atoms with van der Waals surface area (Å²) in [6, 6.07) is 0. The van der Waals surface area contributed by atoms with Crippen molar-refractivity contribution in [3.63, 3.8) is 0 Å². The summed E-state index contributed by atoms with van der Waals surface area (Å²) in [5.74, 6) is -0.0443. The van der Waals surface area contributed by atoms with E-state index in [1.54, 1.807) is 14.2 Å². The number of aliphatic hydroxyl groups excluding tert-OH is 3. The van der Waals surface area contributed by atoms with E-state index >= 15 is 0 Å². The van der Waals surface area contributed by atoms with Crippen LogP contribution in [0.2, 0.25) is 0 Å². The second kappa shape index (κ2) is 14.8. The molecule has 0 fully saturated rings. The van der Waals surface area contributed by atoms with Crippen molar-refractivity contribution in [2.75, 3.05) is 40.6 Å². The van der Waals surface area contributed by atoms with Crippen molar-refractivity contribution in [2.24, 2.45) is 5.92 Å². The molecule has 0 aromatic heterocycles. The highest BCUT2D eigenvalue weighted by atomic mass is 16.5. The van der Waals surface area contributed by atoms with Gasteiger partial charge in [-0.1, -0.05) is 0 Å². The first-order valence-corrected chi connectivity index (χ1v) is 5.50. The van der Waals surface area contributed by atoms with Gasteiger partial charge in [-0.15, -0.1) is 0 Å². The summed E-state index contributed by atoms with van der Waals surface area (Å²) in [6.45, 7) is 2.80. The summed E-state index contributed by atoms with van der Waals surface area (Å²) in [6.07, 6.45) is 1.58. The molecule has 0 rings (SSSR count). The number of hydrogen-bond acceptors (Lipinski definition) is 5. The van der Waals surface area contributed by atoms with E-state index in [4.69, 9.17) is 24.8 Å². The fourth-order valence-corrected chi connectivity index (χ4v) is 0.923. The molecule has 0 heterocycles. The van der Waals surface area contributed by atoms with Crippen molar-refractivity contribution in [2.45, 2.75) is 25.9 Å². The van der Waals surface area contributed by atoms with Gasteiger partial charge in [-0.05, 0) is 19.8 Å². The van der Waals surface area contributed by atoms with Crippen LogP contribution in [0.15, 0.2) is 0 Å². The first-order chi connectivity index (χ1) is 7.65. The van der Waals surface area contributed by atoms with Crippen LogP contribution in [-0.4, -0.2) is 62.1 Å². The van der Waals surface area contributed by atoms with Crippen LogP contribution in [-0.2, 0) is 9.47 Å². The van der Waals surface area contributed by atoms with E-state index in [1.807, 2.05) is 6.92 Å². The zero-order valence-electron chi connectivity index (χ0n) is 10.6. The molecule has 0 aliphatic heterocycles. The van der Waals surface area contributed by atoms with Crippen molar-refractivity contribution in [3.05, 3.63) is 0 Å². The number of hydrogen-bond donors (Lipinski definition) is 3. The minimum absolute atomic E-state index is 0.0104. The summed E-state index contributed by atoms with van der Waals surface area (Å²) in [7, 11) is 3.33. The van der Waals surface area contributed by atoms with Gasteiger partial charge >= 0.3 is 0 Å². The molecule has 16 heavy (non-hydrogen) atoms. The predicted octanol–water partition coefficient (Wildman–Crippen LogP) is 0.0274. The molecule has 0 aliphatic rings. The number of methoxy groups -OCH3 is 2. The molecule has 5 heteroatoms. The maximum Gasteiger partial charge on any atom is 0.0776 e. The van der Waals surface area contributed by atoms with E-state index in [2.05, 4.69) is 0 Å². The molecule has 0 saturated carbocycles. The Kier molecular flexibility index (Phi) is 16.8. The summed E-state index contributed by atoms with van der Waals surface area (Å²) >= 11 is 0. The second-order valence-corrected chi connectivity index (χ2v) is 3.60. The fourth-order valence-electron chi connectivity index (χ4n) is 0.923. The molecule has 5 nitrogen and oxygen atoms in total. The van der Waals surface area contributed by atoms with Gasteiger partial charge in [0.2, 0.25) is 0 Å². The Labute approximate surface area is 98.0 Å². The molecule has 0 spiro atoms. The summed E-state index contributed by atoms with van der Waals surface area (Å²) in [5.41, 5.74) is 0. The van der Waals surface area contributed by atoms with E-state index in [-0.39, 0.29) is 31.8 Å². The Morgan fingerprint density at radius 2 is 1.62 bits per heavy atom. The third-order valence-corrected chi connectivity index (χ3v) is 2.09. The Morgan fingerprint density at radius 3 is 1.88 bits per heavy atom. The van der Waals surface area contributed by atoms with Crippen LogP contribution in [0.5, 0.6) is 0 Å².